The second kappa shape index (κ2) is 7.53. The van der Waals surface area contributed by atoms with E-state index >= 15 is 0 Å². The van der Waals surface area contributed by atoms with E-state index < -0.39 is 12.6 Å². The lowest BCUT2D eigenvalue weighted by Gasteiger charge is -2.14. The molecule has 7 nitrogen and oxygen atoms in total. The van der Waals surface area contributed by atoms with Crippen molar-refractivity contribution in [2.45, 2.75) is 0 Å². The lowest BCUT2D eigenvalue weighted by molar-refractivity contribution is -0.139. The lowest BCUT2D eigenvalue weighted by atomic mass is 10.2. The van der Waals surface area contributed by atoms with E-state index in [-0.39, 0.29) is 12.7 Å². The van der Waals surface area contributed by atoms with Crippen molar-refractivity contribution in [2.24, 2.45) is 0 Å². The number of nitrogens with zero attached hydrogens (tertiary/aromatic N) is 1. The Balaban J connectivity index is 1.53. The van der Waals surface area contributed by atoms with Crippen LogP contribution in [0.5, 0.6) is 17.2 Å². The van der Waals surface area contributed by atoms with Gasteiger partial charge in [-0.2, -0.15) is 0 Å². The number of hydrogen-bond donors (Lipinski definition) is 1. The van der Waals surface area contributed by atoms with Crippen molar-refractivity contribution in [1.29, 1.82) is 0 Å². The number of carboxylic acid groups (broad SMARTS) is 1. The molecule has 142 valence electrons. The molecule has 2 heterocycles. The van der Waals surface area contributed by atoms with E-state index in [0.29, 0.717) is 32.2 Å². The standard InChI is InChI=1S/C19H13NO6S2/c21-17(22)9-24-13-4-1-11(2-5-13)7-16-18(23)20(19(27)28-16)12-3-6-14-15(8-12)26-10-25-14/h1-8H,9-10H2,(H,21,22)/b16-7+. The van der Waals surface area contributed by atoms with Crippen LogP contribution >= 0.6 is 24.0 Å². The minimum atomic E-state index is -1.05. The third kappa shape index (κ3) is 3.67. The van der Waals surface area contributed by atoms with Crippen LogP contribution in [0.4, 0.5) is 5.69 Å². The minimum absolute atomic E-state index is 0.156. The Morgan fingerprint density at radius 1 is 1.21 bits per heavy atom. The predicted molar refractivity (Wildman–Crippen MR) is 108 cm³/mol. The summed E-state index contributed by atoms with van der Waals surface area (Å²) >= 11 is 6.59. The number of amides is 1. The number of aliphatic carboxylic acids is 1. The number of ether oxygens (including phenoxy) is 3. The van der Waals surface area contributed by atoms with Gasteiger partial charge in [0.1, 0.15) is 5.75 Å². The van der Waals surface area contributed by atoms with Crippen LogP contribution in [0.25, 0.3) is 6.08 Å². The van der Waals surface area contributed by atoms with Gasteiger partial charge >= 0.3 is 5.97 Å². The summed E-state index contributed by atoms with van der Waals surface area (Å²) in [6, 6.07) is 12.0. The van der Waals surface area contributed by atoms with Crippen LogP contribution in [-0.4, -0.2) is 34.7 Å². The number of carboxylic acids is 1. The molecule has 2 aromatic carbocycles. The second-order valence-corrected chi connectivity index (χ2v) is 7.48. The maximum absolute atomic E-state index is 12.9. The third-order valence-electron chi connectivity index (χ3n) is 3.95. The molecule has 0 bridgehead atoms. The Morgan fingerprint density at radius 2 is 1.96 bits per heavy atom. The SMILES string of the molecule is O=C(O)COc1ccc(/C=C2/SC(=S)N(c3ccc4c(c3)OCO4)C2=O)cc1. The number of fused-ring (bicyclic) bond motifs is 1. The molecule has 2 aromatic rings. The van der Waals surface area contributed by atoms with Gasteiger partial charge in [0.05, 0.1) is 10.6 Å². The number of carbonyl (C=O) groups is 2. The third-order valence-corrected chi connectivity index (χ3v) is 5.25. The molecular formula is C19H13NO6S2. The molecule has 0 atom stereocenters. The fraction of sp³-hybridized carbons (Fsp3) is 0.105. The van der Waals surface area contributed by atoms with E-state index in [1.165, 1.54) is 16.7 Å². The molecule has 1 amide bonds. The van der Waals surface area contributed by atoms with Gasteiger partial charge in [-0.1, -0.05) is 36.1 Å². The van der Waals surface area contributed by atoms with Crippen LogP contribution in [-0.2, 0) is 9.59 Å². The molecule has 0 spiro atoms. The normalized spacial score (nSPS) is 16.7. The minimum Gasteiger partial charge on any atom is -0.482 e. The Kier molecular flexibility index (Phi) is 4.93. The molecule has 2 aliphatic rings. The predicted octanol–water partition coefficient (Wildman–Crippen LogP) is 3.28. The van der Waals surface area contributed by atoms with E-state index in [2.05, 4.69) is 0 Å². The number of rotatable bonds is 5. The van der Waals surface area contributed by atoms with Gasteiger partial charge in [-0.3, -0.25) is 9.69 Å². The number of thioether (sulfide) groups is 1. The van der Waals surface area contributed by atoms with Crippen LogP contribution in [0.3, 0.4) is 0 Å². The Hall–Kier alpha value is -3.04. The molecule has 0 aliphatic carbocycles. The fourth-order valence-corrected chi connectivity index (χ4v) is 3.97. The first-order valence-electron chi connectivity index (χ1n) is 8.13. The molecule has 1 fully saturated rings. The molecule has 0 radical (unpaired) electrons. The summed E-state index contributed by atoms with van der Waals surface area (Å²) < 4.78 is 16.2. The van der Waals surface area contributed by atoms with E-state index in [4.69, 9.17) is 31.5 Å². The van der Waals surface area contributed by atoms with Gasteiger partial charge in [-0.15, -0.1) is 0 Å². The van der Waals surface area contributed by atoms with Crippen LogP contribution in [0.1, 0.15) is 5.56 Å². The highest BCUT2D eigenvalue weighted by molar-refractivity contribution is 8.27. The highest BCUT2D eigenvalue weighted by atomic mass is 32.2. The van der Waals surface area contributed by atoms with Gasteiger partial charge in [0.2, 0.25) is 6.79 Å². The van der Waals surface area contributed by atoms with Gasteiger partial charge in [0, 0.05) is 6.07 Å². The van der Waals surface area contributed by atoms with Gasteiger partial charge in [0.15, 0.2) is 22.4 Å². The molecule has 0 aromatic heterocycles. The topological polar surface area (TPSA) is 85.3 Å². The molecule has 0 saturated carbocycles. The maximum Gasteiger partial charge on any atom is 0.341 e. The Labute approximate surface area is 169 Å². The molecule has 1 N–H and O–H groups in total. The number of benzene rings is 2. The van der Waals surface area contributed by atoms with Crippen LogP contribution < -0.4 is 19.1 Å². The number of thiocarbonyl (C=S) groups is 1. The molecule has 28 heavy (non-hydrogen) atoms. The first-order valence-corrected chi connectivity index (χ1v) is 9.36. The molecule has 9 heteroatoms. The van der Waals surface area contributed by atoms with Crippen LogP contribution in [0.2, 0.25) is 0 Å². The summed E-state index contributed by atoms with van der Waals surface area (Å²) in [6.45, 7) is -0.253. The van der Waals surface area contributed by atoms with Gasteiger partial charge in [-0.25, -0.2) is 4.79 Å². The van der Waals surface area contributed by atoms with Crippen molar-refractivity contribution in [3.63, 3.8) is 0 Å². The average molecular weight is 415 g/mol. The van der Waals surface area contributed by atoms with E-state index in [9.17, 15) is 9.59 Å². The van der Waals surface area contributed by atoms with Crippen molar-refractivity contribution in [2.75, 3.05) is 18.3 Å². The summed E-state index contributed by atoms with van der Waals surface area (Å²) in [5, 5.41) is 8.64. The summed E-state index contributed by atoms with van der Waals surface area (Å²) in [6.07, 6.45) is 1.73. The van der Waals surface area contributed by atoms with Gasteiger partial charge in [0.25, 0.3) is 5.91 Å². The Bertz CT molecular complexity index is 1000. The summed E-state index contributed by atoms with van der Waals surface area (Å²) in [5.41, 5.74) is 1.39. The highest BCUT2D eigenvalue weighted by Crippen LogP contribution is 2.40. The molecule has 2 aliphatic heterocycles. The first-order chi connectivity index (χ1) is 13.5. The molecular weight excluding hydrogens is 402 g/mol. The summed E-state index contributed by atoms with van der Waals surface area (Å²) in [7, 11) is 0. The number of carbonyl (C=O) groups excluding carboxylic acids is 1. The number of hydrogen-bond acceptors (Lipinski definition) is 7. The van der Waals surface area contributed by atoms with Gasteiger partial charge < -0.3 is 19.3 Å². The second-order valence-electron chi connectivity index (χ2n) is 5.81. The first kappa shape index (κ1) is 18.3. The van der Waals surface area contributed by atoms with Crippen LogP contribution in [0, 0.1) is 0 Å². The maximum atomic E-state index is 12.9. The lowest BCUT2D eigenvalue weighted by Crippen LogP contribution is -2.27. The largest absolute Gasteiger partial charge is 0.482 e. The van der Waals surface area contributed by atoms with Gasteiger partial charge in [-0.05, 0) is 35.9 Å². The van der Waals surface area contributed by atoms with Crippen molar-refractivity contribution in [3.8, 4) is 17.2 Å². The van der Waals surface area contributed by atoms with Crippen molar-refractivity contribution in [1.82, 2.24) is 0 Å². The average Bonchev–Trinajstić information content (AvgIpc) is 3.25. The fourth-order valence-electron chi connectivity index (χ4n) is 2.67. The molecule has 0 unspecified atom stereocenters. The Morgan fingerprint density at radius 3 is 2.71 bits per heavy atom. The smallest absolute Gasteiger partial charge is 0.341 e. The van der Waals surface area contributed by atoms with Crippen molar-refractivity contribution in [3.05, 3.63) is 52.9 Å². The summed E-state index contributed by atoms with van der Waals surface area (Å²) in [4.78, 5) is 25.3. The van der Waals surface area contributed by atoms with Crippen molar-refractivity contribution < 1.29 is 28.9 Å². The zero-order valence-corrected chi connectivity index (χ0v) is 15.9. The van der Waals surface area contributed by atoms with E-state index in [0.717, 1.165) is 5.56 Å². The zero-order valence-electron chi connectivity index (χ0n) is 14.3. The number of anilines is 1. The molecule has 1 saturated heterocycles. The van der Waals surface area contributed by atoms with Crippen LogP contribution in [0.15, 0.2) is 47.4 Å². The quantitative estimate of drug-likeness (QED) is 0.588. The monoisotopic (exact) mass is 415 g/mol. The zero-order chi connectivity index (χ0) is 19.7. The molecule has 4 rings (SSSR count). The van der Waals surface area contributed by atoms with Crippen molar-refractivity contribution >= 4 is 51.9 Å². The van der Waals surface area contributed by atoms with E-state index in [1.807, 2.05) is 0 Å². The summed E-state index contributed by atoms with van der Waals surface area (Å²) in [5.74, 6) is 0.381. The van der Waals surface area contributed by atoms with E-state index in [1.54, 1.807) is 48.5 Å². The highest BCUT2D eigenvalue weighted by Gasteiger charge is 2.34.